The van der Waals surface area contributed by atoms with Crippen LogP contribution in [-0.4, -0.2) is 50.3 Å². The van der Waals surface area contributed by atoms with Gasteiger partial charge in [-0.15, -0.1) is 0 Å². The van der Waals surface area contributed by atoms with Crippen LogP contribution in [0.25, 0.3) is 11.0 Å². The van der Waals surface area contributed by atoms with Crippen molar-refractivity contribution in [3.05, 3.63) is 101 Å². The fourth-order valence-electron chi connectivity index (χ4n) is 4.60. The van der Waals surface area contributed by atoms with Crippen molar-refractivity contribution in [1.29, 1.82) is 0 Å². The predicted octanol–water partition coefficient (Wildman–Crippen LogP) is 4.89. The van der Waals surface area contributed by atoms with Crippen molar-refractivity contribution in [3.63, 3.8) is 0 Å². The molecular formula is C30H31N3O5S. The van der Waals surface area contributed by atoms with Crippen molar-refractivity contribution in [1.82, 2.24) is 9.97 Å². The van der Waals surface area contributed by atoms with E-state index in [-0.39, 0.29) is 42.9 Å². The average Bonchev–Trinajstić information content (AvgIpc) is 2.98. The van der Waals surface area contributed by atoms with Gasteiger partial charge in [0, 0.05) is 28.7 Å². The highest BCUT2D eigenvalue weighted by atomic mass is 32.2. The second kappa shape index (κ2) is 12.7. The first-order valence-electron chi connectivity index (χ1n) is 12.9. The third kappa shape index (κ3) is 6.46. The van der Waals surface area contributed by atoms with E-state index in [1.165, 1.54) is 6.20 Å². The number of carbonyl (C=O) groups is 1. The van der Waals surface area contributed by atoms with E-state index in [1.54, 1.807) is 17.8 Å². The highest BCUT2D eigenvalue weighted by Crippen LogP contribution is 2.42. The third-order valence-electron chi connectivity index (χ3n) is 6.74. The number of hydrogen-bond acceptors (Lipinski definition) is 8. The minimum Gasteiger partial charge on any atom is -0.396 e. The van der Waals surface area contributed by atoms with Gasteiger partial charge in [0.05, 0.1) is 42.7 Å². The van der Waals surface area contributed by atoms with Gasteiger partial charge in [-0.25, -0.2) is 4.98 Å². The Hall–Kier alpha value is -3.34. The van der Waals surface area contributed by atoms with Gasteiger partial charge in [0.15, 0.2) is 6.29 Å². The van der Waals surface area contributed by atoms with E-state index in [1.807, 2.05) is 66.7 Å². The number of aliphatic hydroxyl groups excluding tert-OH is 2. The smallest absolute Gasteiger partial charge is 0.275 e. The molecule has 1 aromatic heterocycles. The van der Waals surface area contributed by atoms with Crippen LogP contribution in [0.1, 0.15) is 46.5 Å². The number of aromatic nitrogens is 2. The summed E-state index contributed by atoms with van der Waals surface area (Å²) in [5.41, 5.74) is 4.82. The zero-order valence-corrected chi connectivity index (χ0v) is 22.4. The van der Waals surface area contributed by atoms with Gasteiger partial charge < -0.3 is 25.0 Å². The van der Waals surface area contributed by atoms with Crippen LogP contribution in [0.5, 0.6) is 0 Å². The van der Waals surface area contributed by atoms with Crippen molar-refractivity contribution >= 4 is 34.4 Å². The Morgan fingerprint density at radius 1 is 0.974 bits per heavy atom. The molecule has 3 aromatic carbocycles. The summed E-state index contributed by atoms with van der Waals surface area (Å²) < 4.78 is 12.9. The first-order chi connectivity index (χ1) is 19.1. The summed E-state index contributed by atoms with van der Waals surface area (Å²) in [5.74, 6) is 1.04. The molecular weight excluding hydrogens is 514 g/mol. The predicted molar refractivity (Wildman–Crippen MR) is 151 cm³/mol. The van der Waals surface area contributed by atoms with Crippen LogP contribution >= 0.6 is 11.8 Å². The highest BCUT2D eigenvalue weighted by Gasteiger charge is 2.38. The number of rotatable bonds is 9. The minimum atomic E-state index is -0.652. The third-order valence-corrected chi connectivity index (χ3v) is 7.77. The number of hydrogen-bond donors (Lipinski definition) is 3. The Balaban J connectivity index is 1.36. The maximum Gasteiger partial charge on any atom is 0.275 e. The van der Waals surface area contributed by atoms with Gasteiger partial charge in [-0.3, -0.25) is 9.78 Å². The maximum atomic E-state index is 13.0. The highest BCUT2D eigenvalue weighted by molar-refractivity contribution is 7.99. The molecule has 4 aromatic rings. The summed E-state index contributed by atoms with van der Waals surface area (Å²) in [4.78, 5) is 21.7. The van der Waals surface area contributed by atoms with Gasteiger partial charge in [-0.2, -0.15) is 11.8 Å². The molecule has 8 nitrogen and oxygen atoms in total. The molecule has 202 valence electrons. The summed E-state index contributed by atoms with van der Waals surface area (Å²) in [6.07, 6.45) is 0.467. The average molecular weight is 546 g/mol. The Kier molecular flexibility index (Phi) is 8.85. The van der Waals surface area contributed by atoms with Crippen molar-refractivity contribution in [2.45, 2.75) is 32.0 Å². The molecule has 1 amide bonds. The summed E-state index contributed by atoms with van der Waals surface area (Å²) >= 11 is 1.64. The van der Waals surface area contributed by atoms with Crippen LogP contribution in [0.4, 0.5) is 5.69 Å². The van der Waals surface area contributed by atoms with Crippen LogP contribution in [0, 0.1) is 5.92 Å². The Morgan fingerprint density at radius 2 is 1.77 bits per heavy atom. The SMILES string of the molecule is C[C@@H]1[C@H](CSCCO)O[C@H](c2cccc(NC(=O)c3cnc4ccccc4n3)c2)O[C@@H]1c1ccc(CO)cc1. The van der Waals surface area contributed by atoms with Gasteiger partial charge in [-0.1, -0.05) is 55.5 Å². The molecule has 0 aliphatic carbocycles. The van der Waals surface area contributed by atoms with Crippen molar-refractivity contribution in [3.8, 4) is 0 Å². The molecule has 39 heavy (non-hydrogen) atoms. The van der Waals surface area contributed by atoms with E-state index >= 15 is 0 Å². The van der Waals surface area contributed by atoms with E-state index in [4.69, 9.17) is 9.47 Å². The second-order valence-electron chi connectivity index (χ2n) is 9.44. The maximum absolute atomic E-state index is 13.0. The number of para-hydroxylation sites is 2. The fraction of sp³-hybridized carbons (Fsp3) is 0.300. The van der Waals surface area contributed by atoms with Gasteiger partial charge in [0.2, 0.25) is 0 Å². The molecule has 1 fully saturated rings. The number of carbonyl (C=O) groups excluding carboxylic acids is 1. The molecule has 0 spiro atoms. The summed E-state index contributed by atoms with van der Waals surface area (Å²) in [6, 6.07) is 22.6. The lowest BCUT2D eigenvalue weighted by atomic mass is 9.91. The quantitative estimate of drug-likeness (QED) is 0.255. The zero-order chi connectivity index (χ0) is 27.2. The molecule has 1 saturated heterocycles. The number of ether oxygens (including phenoxy) is 2. The van der Waals surface area contributed by atoms with E-state index in [0.29, 0.717) is 22.7 Å². The molecule has 1 aliphatic rings. The van der Waals surface area contributed by atoms with E-state index in [2.05, 4.69) is 22.2 Å². The lowest BCUT2D eigenvalue weighted by molar-refractivity contribution is -0.268. The first kappa shape index (κ1) is 27.2. The fourth-order valence-corrected chi connectivity index (χ4v) is 5.51. The molecule has 0 bridgehead atoms. The monoisotopic (exact) mass is 545 g/mol. The Morgan fingerprint density at radius 3 is 2.54 bits per heavy atom. The molecule has 0 unspecified atom stereocenters. The second-order valence-corrected chi connectivity index (χ2v) is 10.6. The zero-order valence-electron chi connectivity index (χ0n) is 21.6. The van der Waals surface area contributed by atoms with Crippen LogP contribution in [0.2, 0.25) is 0 Å². The molecule has 1 aliphatic heterocycles. The van der Waals surface area contributed by atoms with Gasteiger partial charge >= 0.3 is 0 Å². The van der Waals surface area contributed by atoms with Gasteiger partial charge in [-0.05, 0) is 35.4 Å². The van der Waals surface area contributed by atoms with Crippen LogP contribution < -0.4 is 5.32 Å². The molecule has 0 saturated carbocycles. The van der Waals surface area contributed by atoms with Crippen molar-refractivity contribution in [2.24, 2.45) is 5.92 Å². The van der Waals surface area contributed by atoms with Crippen LogP contribution in [0.15, 0.2) is 79.0 Å². The number of benzene rings is 3. The van der Waals surface area contributed by atoms with Gasteiger partial charge in [0.25, 0.3) is 5.91 Å². The topological polar surface area (TPSA) is 114 Å². The lowest BCUT2D eigenvalue weighted by Crippen LogP contribution is -2.38. The number of aliphatic hydroxyl groups is 2. The van der Waals surface area contributed by atoms with Crippen molar-refractivity contribution < 1.29 is 24.5 Å². The molecule has 4 atom stereocenters. The normalized spacial score (nSPS) is 21.1. The number of anilines is 1. The van der Waals surface area contributed by atoms with E-state index in [9.17, 15) is 15.0 Å². The molecule has 5 rings (SSSR count). The largest absolute Gasteiger partial charge is 0.396 e. The van der Waals surface area contributed by atoms with E-state index in [0.717, 1.165) is 22.2 Å². The number of thioether (sulfide) groups is 1. The Labute approximate surface area is 231 Å². The molecule has 9 heteroatoms. The number of nitrogens with zero attached hydrogens (tertiary/aromatic N) is 2. The summed E-state index contributed by atoms with van der Waals surface area (Å²) in [7, 11) is 0. The van der Waals surface area contributed by atoms with Crippen LogP contribution in [-0.2, 0) is 16.1 Å². The Bertz CT molecular complexity index is 1420. The molecule has 0 radical (unpaired) electrons. The minimum absolute atomic E-state index is 0.0170. The first-order valence-corrected chi connectivity index (χ1v) is 14.0. The summed E-state index contributed by atoms with van der Waals surface area (Å²) in [6.45, 7) is 2.20. The van der Waals surface area contributed by atoms with Crippen LogP contribution in [0.3, 0.4) is 0 Å². The number of amides is 1. The van der Waals surface area contributed by atoms with E-state index < -0.39 is 6.29 Å². The molecule has 3 N–H and O–H groups in total. The van der Waals surface area contributed by atoms with Crippen molar-refractivity contribution in [2.75, 3.05) is 23.4 Å². The summed E-state index contributed by atoms with van der Waals surface area (Å²) in [5, 5.41) is 21.6. The molecule has 2 heterocycles. The number of nitrogens with one attached hydrogen (secondary N) is 1. The number of fused-ring (bicyclic) bond motifs is 1. The van der Waals surface area contributed by atoms with Gasteiger partial charge in [0.1, 0.15) is 5.69 Å². The lowest BCUT2D eigenvalue weighted by Gasteiger charge is -2.41. The standard InChI is InChI=1S/C30H31N3O5S/c1-19-27(18-39-14-13-34)37-30(38-28(19)21-11-9-20(17-35)10-12-21)22-5-4-6-23(15-22)32-29(36)26-16-31-24-7-2-3-8-25(24)33-26/h2-12,15-16,19,27-28,30,34-35H,13-14,17-18H2,1H3,(H,32,36)/t19-,27+,28+,30+/m1/s1.